The van der Waals surface area contributed by atoms with Gasteiger partial charge in [-0.05, 0) is 43.5 Å². The molecule has 11 heteroatoms. The predicted octanol–water partition coefficient (Wildman–Crippen LogP) is 6.98. The first-order valence-corrected chi connectivity index (χ1v) is 10.8. The zero-order chi connectivity index (χ0) is 27.3. The average Bonchev–Trinajstić information content (AvgIpc) is 3.16. The van der Waals surface area contributed by atoms with Gasteiger partial charge in [0.25, 0.3) is 5.91 Å². The van der Waals surface area contributed by atoms with Crippen molar-refractivity contribution in [3.63, 3.8) is 0 Å². The minimum atomic E-state index is -5.69. The highest BCUT2D eigenvalue weighted by Gasteiger charge is 2.42. The van der Waals surface area contributed by atoms with Crippen LogP contribution < -0.4 is 5.32 Å². The molecule has 194 valence electrons. The van der Waals surface area contributed by atoms with Crippen LogP contribution in [0, 0.1) is 44.0 Å². The molecule has 0 bridgehead atoms. The van der Waals surface area contributed by atoms with E-state index in [1.54, 1.807) is 5.32 Å². The van der Waals surface area contributed by atoms with E-state index in [1.165, 1.54) is 10.7 Å². The molecule has 36 heavy (non-hydrogen) atoms. The lowest BCUT2D eigenvalue weighted by Crippen LogP contribution is -2.22. The van der Waals surface area contributed by atoms with Gasteiger partial charge in [-0.15, -0.1) is 0 Å². The standard InChI is InChI=1S/C25H24F7N3O/c1-11-7-12(2)14(13(3)8-11)10-35-15(9-16(34-35)24(4,5)6)23(36)33-22-20(28)18(26)17(25(30,31)32)19(27)21(22)29/h7-9H,10H2,1-6H3,(H,33,36). The molecule has 4 nitrogen and oxygen atoms in total. The molecule has 1 heterocycles. The minimum absolute atomic E-state index is 0.0808. The smallest absolute Gasteiger partial charge is 0.316 e. The summed E-state index contributed by atoms with van der Waals surface area (Å²) in [6, 6.07) is 5.20. The number of hydrogen-bond donors (Lipinski definition) is 1. The van der Waals surface area contributed by atoms with Crippen molar-refractivity contribution in [1.29, 1.82) is 0 Å². The number of hydrogen-bond acceptors (Lipinski definition) is 2. The van der Waals surface area contributed by atoms with Crippen molar-refractivity contribution in [2.45, 2.75) is 59.7 Å². The largest absolute Gasteiger partial charge is 0.422 e. The normalized spacial score (nSPS) is 12.2. The van der Waals surface area contributed by atoms with Gasteiger partial charge < -0.3 is 5.32 Å². The van der Waals surface area contributed by atoms with E-state index in [4.69, 9.17) is 0 Å². The topological polar surface area (TPSA) is 46.9 Å². The molecule has 0 aliphatic rings. The molecular weight excluding hydrogens is 491 g/mol. The molecule has 1 aromatic heterocycles. The number of rotatable bonds is 4. The lowest BCUT2D eigenvalue weighted by molar-refractivity contribution is -0.143. The Kier molecular flexibility index (Phi) is 7.00. The molecule has 0 saturated carbocycles. The fourth-order valence-corrected chi connectivity index (χ4v) is 3.86. The van der Waals surface area contributed by atoms with Crippen molar-refractivity contribution in [1.82, 2.24) is 9.78 Å². The molecule has 3 rings (SSSR count). The van der Waals surface area contributed by atoms with E-state index < -0.39 is 52.0 Å². The van der Waals surface area contributed by atoms with Crippen molar-refractivity contribution in [3.8, 4) is 0 Å². The van der Waals surface area contributed by atoms with E-state index in [0.29, 0.717) is 5.69 Å². The highest BCUT2D eigenvalue weighted by molar-refractivity contribution is 6.03. The highest BCUT2D eigenvalue weighted by atomic mass is 19.4. The second-order valence-corrected chi connectivity index (χ2v) is 9.66. The Balaban J connectivity index is 2.10. The number of anilines is 1. The maximum absolute atomic E-state index is 14.4. The molecule has 2 aromatic carbocycles. The number of nitrogens with zero attached hydrogens (tertiary/aromatic N) is 2. The monoisotopic (exact) mass is 515 g/mol. The molecule has 0 atom stereocenters. The van der Waals surface area contributed by atoms with Crippen LogP contribution in [0.25, 0.3) is 0 Å². The van der Waals surface area contributed by atoms with Gasteiger partial charge in [0.05, 0.1) is 12.2 Å². The summed E-state index contributed by atoms with van der Waals surface area (Å²) in [6.45, 7) is 11.2. The predicted molar refractivity (Wildman–Crippen MR) is 120 cm³/mol. The minimum Gasteiger partial charge on any atom is -0.316 e. The molecule has 1 N–H and O–H groups in total. The Morgan fingerprint density at radius 2 is 1.39 bits per heavy atom. The first kappa shape index (κ1) is 27.2. The van der Waals surface area contributed by atoms with Crippen molar-refractivity contribution < 1.29 is 35.5 Å². The first-order chi connectivity index (χ1) is 16.4. The first-order valence-electron chi connectivity index (χ1n) is 10.8. The van der Waals surface area contributed by atoms with Crippen LogP contribution in [0.2, 0.25) is 0 Å². The molecular formula is C25H24F7N3O. The van der Waals surface area contributed by atoms with Crippen LogP contribution in [0.3, 0.4) is 0 Å². The van der Waals surface area contributed by atoms with Gasteiger partial charge in [0.1, 0.15) is 16.9 Å². The quantitative estimate of drug-likeness (QED) is 0.301. The van der Waals surface area contributed by atoms with Gasteiger partial charge in [-0.3, -0.25) is 9.48 Å². The van der Waals surface area contributed by atoms with Crippen LogP contribution >= 0.6 is 0 Å². The van der Waals surface area contributed by atoms with Crippen molar-refractivity contribution in [2.75, 3.05) is 5.32 Å². The summed E-state index contributed by atoms with van der Waals surface area (Å²) in [5.41, 5.74) is -1.09. The summed E-state index contributed by atoms with van der Waals surface area (Å²) in [5.74, 6) is -11.3. The van der Waals surface area contributed by atoms with E-state index in [0.717, 1.165) is 22.3 Å². The number of amides is 1. The Bertz CT molecular complexity index is 1300. The number of alkyl halides is 3. The molecule has 0 saturated heterocycles. The van der Waals surface area contributed by atoms with E-state index in [2.05, 4.69) is 5.10 Å². The summed E-state index contributed by atoms with van der Waals surface area (Å²) in [4.78, 5) is 13.0. The second-order valence-electron chi connectivity index (χ2n) is 9.66. The summed E-state index contributed by atoms with van der Waals surface area (Å²) >= 11 is 0. The Labute approximate surface area is 203 Å². The third-order valence-electron chi connectivity index (χ3n) is 5.71. The third kappa shape index (κ3) is 5.10. The zero-order valence-corrected chi connectivity index (χ0v) is 20.4. The summed E-state index contributed by atoms with van der Waals surface area (Å²) in [5, 5.41) is 6.13. The van der Waals surface area contributed by atoms with Gasteiger partial charge in [-0.25, -0.2) is 17.6 Å². The molecule has 0 aliphatic heterocycles. The van der Waals surface area contributed by atoms with Crippen LogP contribution in [0.4, 0.5) is 36.4 Å². The number of benzene rings is 2. The number of halogens is 7. The Morgan fingerprint density at radius 1 is 0.889 bits per heavy atom. The lowest BCUT2D eigenvalue weighted by atomic mass is 9.92. The van der Waals surface area contributed by atoms with Gasteiger partial charge >= 0.3 is 6.18 Å². The Morgan fingerprint density at radius 3 is 1.83 bits per heavy atom. The summed E-state index contributed by atoms with van der Waals surface area (Å²) in [7, 11) is 0. The van der Waals surface area contributed by atoms with E-state index in [9.17, 15) is 35.5 Å². The van der Waals surface area contributed by atoms with Gasteiger partial charge in [-0.2, -0.15) is 18.3 Å². The number of carbonyl (C=O) groups excluding carboxylic acids is 1. The Hall–Kier alpha value is -3.37. The van der Waals surface area contributed by atoms with Gasteiger partial charge in [0.15, 0.2) is 23.3 Å². The van der Waals surface area contributed by atoms with Crippen molar-refractivity contribution >= 4 is 11.6 Å². The maximum atomic E-state index is 14.4. The number of aromatic nitrogens is 2. The molecule has 0 fully saturated rings. The molecule has 0 spiro atoms. The van der Waals surface area contributed by atoms with E-state index in [1.807, 2.05) is 53.7 Å². The number of nitrogens with one attached hydrogen (secondary N) is 1. The zero-order valence-electron chi connectivity index (χ0n) is 20.4. The summed E-state index contributed by atoms with van der Waals surface area (Å²) < 4.78 is 96.7. The highest BCUT2D eigenvalue weighted by Crippen LogP contribution is 2.38. The van der Waals surface area contributed by atoms with Crippen LogP contribution in [0.1, 0.15) is 64.8 Å². The van der Waals surface area contributed by atoms with Crippen molar-refractivity contribution in [3.05, 3.63) is 80.7 Å². The molecule has 3 aromatic rings. The number of aryl methyl sites for hydroxylation is 3. The van der Waals surface area contributed by atoms with Crippen LogP contribution in [-0.2, 0) is 18.1 Å². The van der Waals surface area contributed by atoms with Gasteiger partial charge in [0.2, 0.25) is 0 Å². The lowest BCUT2D eigenvalue weighted by Gasteiger charge is -2.16. The summed E-state index contributed by atoms with van der Waals surface area (Å²) in [6.07, 6.45) is -5.69. The fourth-order valence-electron chi connectivity index (χ4n) is 3.86. The molecule has 0 radical (unpaired) electrons. The maximum Gasteiger partial charge on any atom is 0.422 e. The fraction of sp³-hybridized carbons (Fsp3) is 0.360. The average molecular weight is 515 g/mol. The van der Waals surface area contributed by atoms with Crippen LogP contribution in [-0.4, -0.2) is 15.7 Å². The number of carbonyl (C=O) groups is 1. The van der Waals surface area contributed by atoms with Gasteiger partial charge in [0, 0.05) is 5.41 Å². The van der Waals surface area contributed by atoms with Gasteiger partial charge in [-0.1, -0.05) is 38.5 Å². The van der Waals surface area contributed by atoms with Crippen LogP contribution in [0.15, 0.2) is 18.2 Å². The van der Waals surface area contributed by atoms with E-state index >= 15 is 0 Å². The van der Waals surface area contributed by atoms with Crippen LogP contribution in [0.5, 0.6) is 0 Å². The van der Waals surface area contributed by atoms with Crippen molar-refractivity contribution in [2.24, 2.45) is 0 Å². The molecule has 0 aliphatic carbocycles. The molecule has 1 amide bonds. The SMILES string of the molecule is Cc1cc(C)c(Cn2nc(C(C)(C)C)cc2C(=O)Nc2c(F)c(F)c(C(F)(F)F)c(F)c2F)c(C)c1. The second kappa shape index (κ2) is 9.25. The molecule has 0 unspecified atom stereocenters. The third-order valence-corrected chi connectivity index (χ3v) is 5.71. The van der Waals surface area contributed by atoms with E-state index in [-0.39, 0.29) is 12.2 Å².